The van der Waals surface area contributed by atoms with Gasteiger partial charge in [-0.15, -0.1) is 0 Å². The van der Waals surface area contributed by atoms with Gasteiger partial charge in [0.1, 0.15) is 0 Å². The maximum atomic E-state index is 3.64. The maximum absolute atomic E-state index is 3.64. The summed E-state index contributed by atoms with van der Waals surface area (Å²) in [5, 5.41) is 3.64. The first-order chi connectivity index (χ1) is 8.15. The van der Waals surface area contributed by atoms with Crippen molar-refractivity contribution < 1.29 is 0 Å². The molecule has 1 N–H and O–H groups in total. The maximum Gasteiger partial charge on any atom is 0.0110 e. The van der Waals surface area contributed by atoms with Gasteiger partial charge in [0, 0.05) is 25.2 Å². The van der Waals surface area contributed by atoms with E-state index in [4.69, 9.17) is 0 Å². The summed E-state index contributed by atoms with van der Waals surface area (Å²) in [5.41, 5.74) is 0. The largest absolute Gasteiger partial charge is 0.313 e. The Kier molecular flexibility index (Phi) is 11.0. The summed E-state index contributed by atoms with van der Waals surface area (Å²) < 4.78 is 0. The number of rotatable bonds is 11. The van der Waals surface area contributed by atoms with E-state index in [1.54, 1.807) is 0 Å². The quantitative estimate of drug-likeness (QED) is 0.556. The minimum atomic E-state index is 0.678. The van der Waals surface area contributed by atoms with Crippen LogP contribution in [0.3, 0.4) is 0 Å². The predicted molar refractivity (Wildman–Crippen MR) is 78.6 cm³/mol. The molecule has 0 radical (unpaired) electrons. The average molecular weight is 242 g/mol. The molecule has 0 spiro atoms. The molecule has 0 amide bonds. The van der Waals surface area contributed by atoms with Crippen molar-refractivity contribution in [3.63, 3.8) is 0 Å². The molecule has 17 heavy (non-hydrogen) atoms. The lowest BCUT2D eigenvalue weighted by atomic mass is 10.1. The van der Waals surface area contributed by atoms with Gasteiger partial charge in [-0.3, -0.25) is 4.90 Å². The van der Waals surface area contributed by atoms with Crippen LogP contribution in [0.5, 0.6) is 0 Å². The van der Waals surface area contributed by atoms with Crippen molar-refractivity contribution >= 4 is 0 Å². The summed E-state index contributed by atoms with van der Waals surface area (Å²) in [4.78, 5) is 2.56. The summed E-state index contributed by atoms with van der Waals surface area (Å²) >= 11 is 0. The summed E-state index contributed by atoms with van der Waals surface area (Å²) in [7, 11) is 0. The van der Waals surface area contributed by atoms with E-state index in [9.17, 15) is 0 Å². The van der Waals surface area contributed by atoms with Crippen LogP contribution < -0.4 is 5.32 Å². The van der Waals surface area contributed by atoms with Gasteiger partial charge in [0.2, 0.25) is 0 Å². The van der Waals surface area contributed by atoms with Gasteiger partial charge >= 0.3 is 0 Å². The smallest absolute Gasteiger partial charge is 0.0110 e. The van der Waals surface area contributed by atoms with Crippen LogP contribution in [-0.2, 0) is 0 Å². The van der Waals surface area contributed by atoms with E-state index in [1.807, 2.05) is 0 Å². The van der Waals surface area contributed by atoms with E-state index in [1.165, 1.54) is 45.2 Å². The van der Waals surface area contributed by atoms with Gasteiger partial charge in [-0.05, 0) is 33.2 Å². The molecule has 104 valence electrons. The first-order valence-corrected chi connectivity index (χ1v) is 7.63. The molecule has 2 nitrogen and oxygen atoms in total. The van der Waals surface area contributed by atoms with E-state index < -0.39 is 0 Å². The molecule has 0 saturated heterocycles. The van der Waals surface area contributed by atoms with Crippen LogP contribution in [0, 0.1) is 0 Å². The van der Waals surface area contributed by atoms with E-state index in [0.29, 0.717) is 6.04 Å². The van der Waals surface area contributed by atoms with Crippen LogP contribution in [-0.4, -0.2) is 36.6 Å². The normalized spacial score (nSPS) is 15.2. The number of hydrogen-bond donors (Lipinski definition) is 1. The fourth-order valence-corrected chi connectivity index (χ4v) is 2.21. The third-order valence-electron chi connectivity index (χ3n) is 3.75. The molecule has 0 saturated carbocycles. The molecule has 0 bridgehead atoms. The fourth-order valence-electron chi connectivity index (χ4n) is 2.21. The first-order valence-electron chi connectivity index (χ1n) is 7.63. The summed E-state index contributed by atoms with van der Waals surface area (Å²) in [6.07, 6.45) is 6.64. The van der Waals surface area contributed by atoms with E-state index >= 15 is 0 Å². The van der Waals surface area contributed by atoms with Crippen molar-refractivity contribution in [2.45, 2.75) is 78.8 Å². The fraction of sp³-hybridized carbons (Fsp3) is 1.00. The Labute approximate surface area is 109 Å². The highest BCUT2D eigenvalue weighted by Gasteiger charge is 2.09. The highest BCUT2D eigenvalue weighted by molar-refractivity contribution is 4.67. The van der Waals surface area contributed by atoms with Crippen LogP contribution in [0.4, 0.5) is 0 Å². The molecule has 2 heteroatoms. The Bertz CT molecular complexity index is 159. The highest BCUT2D eigenvalue weighted by atomic mass is 15.2. The SMILES string of the molecule is CCCCCC(C)NCCN(CC)C(C)CC. The lowest BCUT2D eigenvalue weighted by Gasteiger charge is -2.27. The summed E-state index contributed by atoms with van der Waals surface area (Å²) in [5.74, 6) is 0. The topological polar surface area (TPSA) is 15.3 Å². The van der Waals surface area contributed by atoms with Crippen molar-refractivity contribution in [2.24, 2.45) is 0 Å². The van der Waals surface area contributed by atoms with Gasteiger partial charge in [0.15, 0.2) is 0 Å². The van der Waals surface area contributed by atoms with Gasteiger partial charge in [-0.1, -0.05) is 40.0 Å². The summed E-state index contributed by atoms with van der Waals surface area (Å²) in [6, 6.07) is 1.40. The van der Waals surface area contributed by atoms with Gasteiger partial charge in [0.05, 0.1) is 0 Å². The molecule has 0 aliphatic heterocycles. The Balaban J connectivity index is 3.59. The second-order valence-corrected chi connectivity index (χ2v) is 5.24. The number of likely N-dealkylation sites (N-methyl/N-ethyl adjacent to an activating group) is 1. The highest BCUT2D eigenvalue weighted by Crippen LogP contribution is 2.04. The summed E-state index contributed by atoms with van der Waals surface area (Å²) in [6.45, 7) is 14.9. The van der Waals surface area contributed by atoms with Crippen LogP contribution in [0.1, 0.15) is 66.7 Å². The van der Waals surface area contributed by atoms with Crippen molar-refractivity contribution in [1.82, 2.24) is 10.2 Å². The first kappa shape index (κ1) is 16.9. The number of unbranched alkanes of at least 4 members (excludes halogenated alkanes) is 2. The second kappa shape index (κ2) is 11.0. The van der Waals surface area contributed by atoms with Crippen LogP contribution in [0.15, 0.2) is 0 Å². The number of hydrogen-bond acceptors (Lipinski definition) is 2. The number of nitrogens with one attached hydrogen (secondary N) is 1. The van der Waals surface area contributed by atoms with Gasteiger partial charge in [-0.25, -0.2) is 0 Å². The molecule has 0 aliphatic rings. The van der Waals surface area contributed by atoms with Crippen molar-refractivity contribution in [2.75, 3.05) is 19.6 Å². The molecule has 0 fully saturated rings. The van der Waals surface area contributed by atoms with E-state index in [-0.39, 0.29) is 0 Å². The molecule has 0 aromatic carbocycles. The lowest BCUT2D eigenvalue weighted by Crippen LogP contribution is -2.40. The monoisotopic (exact) mass is 242 g/mol. The zero-order valence-corrected chi connectivity index (χ0v) is 12.8. The van der Waals surface area contributed by atoms with Crippen molar-refractivity contribution in [3.8, 4) is 0 Å². The van der Waals surface area contributed by atoms with E-state index in [0.717, 1.165) is 12.6 Å². The standard InChI is InChI=1S/C15H34N2/c1-6-9-10-11-14(4)16-12-13-17(8-3)15(5)7-2/h14-16H,6-13H2,1-5H3. The Morgan fingerprint density at radius 2 is 1.76 bits per heavy atom. The Morgan fingerprint density at radius 3 is 2.29 bits per heavy atom. The lowest BCUT2D eigenvalue weighted by molar-refractivity contribution is 0.212. The minimum Gasteiger partial charge on any atom is -0.313 e. The van der Waals surface area contributed by atoms with Crippen molar-refractivity contribution in [1.29, 1.82) is 0 Å². The van der Waals surface area contributed by atoms with Crippen LogP contribution >= 0.6 is 0 Å². The third kappa shape index (κ3) is 8.62. The number of nitrogens with zero attached hydrogens (tertiary/aromatic N) is 1. The zero-order chi connectivity index (χ0) is 13.1. The van der Waals surface area contributed by atoms with Gasteiger partial charge in [0.25, 0.3) is 0 Å². The molecule has 0 aromatic rings. The molecule has 0 aliphatic carbocycles. The molecule has 0 rings (SSSR count). The molecule has 2 unspecified atom stereocenters. The van der Waals surface area contributed by atoms with Gasteiger partial charge in [-0.2, -0.15) is 0 Å². The molecule has 0 aromatic heterocycles. The second-order valence-electron chi connectivity index (χ2n) is 5.24. The zero-order valence-electron chi connectivity index (χ0n) is 12.8. The molecule has 0 heterocycles. The average Bonchev–Trinajstić information content (AvgIpc) is 2.34. The molecular formula is C15H34N2. The molecular weight excluding hydrogens is 208 g/mol. The van der Waals surface area contributed by atoms with Crippen molar-refractivity contribution in [3.05, 3.63) is 0 Å². The Morgan fingerprint density at radius 1 is 1.06 bits per heavy atom. The predicted octanol–water partition coefficient (Wildman–Crippen LogP) is 3.67. The third-order valence-corrected chi connectivity index (χ3v) is 3.75. The Hall–Kier alpha value is -0.0800. The van der Waals surface area contributed by atoms with E-state index in [2.05, 4.69) is 44.8 Å². The van der Waals surface area contributed by atoms with Crippen LogP contribution in [0.2, 0.25) is 0 Å². The molecule has 2 atom stereocenters. The van der Waals surface area contributed by atoms with Crippen LogP contribution in [0.25, 0.3) is 0 Å². The van der Waals surface area contributed by atoms with Gasteiger partial charge < -0.3 is 5.32 Å². The minimum absolute atomic E-state index is 0.678.